The Bertz CT molecular complexity index is 1310. The Morgan fingerprint density at radius 3 is 2.53 bits per heavy atom. The van der Waals surface area contributed by atoms with Gasteiger partial charge < -0.3 is 19.0 Å². The normalized spacial score (nSPS) is 19.5. The Balaban J connectivity index is 1.76. The van der Waals surface area contributed by atoms with E-state index in [1.807, 2.05) is 38.1 Å². The molecule has 2 aliphatic heterocycles. The first kappa shape index (κ1) is 20.5. The van der Waals surface area contributed by atoms with Crippen molar-refractivity contribution in [2.75, 3.05) is 25.1 Å². The number of rotatable bonds is 5. The van der Waals surface area contributed by atoms with E-state index in [0.29, 0.717) is 35.2 Å². The van der Waals surface area contributed by atoms with Gasteiger partial charge in [0.15, 0.2) is 11.0 Å². The minimum absolute atomic E-state index is 0.0584. The van der Waals surface area contributed by atoms with Crippen LogP contribution in [-0.4, -0.2) is 43.0 Å². The summed E-state index contributed by atoms with van der Waals surface area (Å²) in [5.74, 6) is -0.846. The van der Waals surface area contributed by atoms with Gasteiger partial charge in [-0.15, -0.1) is 0 Å². The van der Waals surface area contributed by atoms with E-state index in [-0.39, 0.29) is 35.3 Å². The SMILES string of the molecule is CC(C)OCCCN1C(=O)c2oc3ccccc3c(=O)c2[C@@]12C(=O)N(C)c1ccccc12. The zero-order valence-electron chi connectivity index (χ0n) is 18.3. The molecule has 0 unspecified atom stereocenters. The zero-order chi connectivity index (χ0) is 22.6. The summed E-state index contributed by atoms with van der Waals surface area (Å²) in [6, 6.07) is 14.1. The average Bonchev–Trinajstić information content (AvgIpc) is 3.16. The maximum atomic E-state index is 13.9. The smallest absolute Gasteiger partial charge is 0.291 e. The van der Waals surface area contributed by atoms with Gasteiger partial charge in [0.1, 0.15) is 5.58 Å². The average molecular weight is 432 g/mol. The monoisotopic (exact) mass is 432 g/mol. The molecule has 2 aromatic carbocycles. The number of likely N-dealkylation sites (N-methyl/N-ethyl adjacent to an activating group) is 1. The Kier molecular flexibility index (Phi) is 4.67. The highest BCUT2D eigenvalue weighted by molar-refractivity contribution is 6.16. The molecule has 3 aromatic rings. The number of hydrogen-bond donors (Lipinski definition) is 0. The second-order valence-electron chi connectivity index (χ2n) is 8.45. The van der Waals surface area contributed by atoms with Crippen LogP contribution in [0.25, 0.3) is 11.0 Å². The highest BCUT2D eigenvalue weighted by atomic mass is 16.5. The van der Waals surface area contributed by atoms with Crippen LogP contribution < -0.4 is 10.3 Å². The molecule has 7 nitrogen and oxygen atoms in total. The summed E-state index contributed by atoms with van der Waals surface area (Å²) >= 11 is 0. The van der Waals surface area contributed by atoms with E-state index in [2.05, 4.69) is 0 Å². The standard InChI is InChI=1S/C25H24N2O5/c1-15(2)31-14-8-13-27-23(29)22-20(21(28)16-9-4-7-12-19(16)32-22)25(27)17-10-5-6-11-18(17)26(3)24(25)30/h4-7,9-12,15H,8,13-14H2,1-3H3/t25-/m0/s1. The van der Waals surface area contributed by atoms with E-state index in [1.165, 1.54) is 9.80 Å². The van der Waals surface area contributed by atoms with Gasteiger partial charge >= 0.3 is 0 Å². The van der Waals surface area contributed by atoms with Crippen LogP contribution in [0.4, 0.5) is 5.69 Å². The molecule has 1 atom stereocenters. The Hall–Kier alpha value is -3.45. The van der Waals surface area contributed by atoms with Gasteiger partial charge in [0, 0.05) is 31.5 Å². The lowest BCUT2D eigenvalue weighted by Crippen LogP contribution is -2.53. The number of fused-ring (bicyclic) bond motifs is 5. The molecule has 0 aliphatic carbocycles. The third-order valence-corrected chi connectivity index (χ3v) is 6.25. The van der Waals surface area contributed by atoms with Crippen molar-refractivity contribution >= 4 is 28.5 Å². The van der Waals surface area contributed by atoms with Crippen molar-refractivity contribution in [2.24, 2.45) is 0 Å². The maximum absolute atomic E-state index is 13.9. The van der Waals surface area contributed by atoms with Crippen LogP contribution in [0, 0.1) is 0 Å². The number of para-hydroxylation sites is 2. The summed E-state index contributed by atoms with van der Waals surface area (Å²) in [5, 5.41) is 0.350. The molecule has 5 rings (SSSR count). The van der Waals surface area contributed by atoms with E-state index in [0.717, 1.165) is 0 Å². The third-order valence-electron chi connectivity index (χ3n) is 6.25. The summed E-state index contributed by atoms with van der Waals surface area (Å²) in [7, 11) is 1.67. The van der Waals surface area contributed by atoms with Gasteiger partial charge in [-0.05, 0) is 38.5 Å². The fourth-order valence-electron chi connectivity index (χ4n) is 4.88. The van der Waals surface area contributed by atoms with Crippen molar-refractivity contribution in [2.45, 2.75) is 31.9 Å². The summed E-state index contributed by atoms with van der Waals surface area (Å²) in [6.45, 7) is 4.57. The van der Waals surface area contributed by atoms with E-state index in [9.17, 15) is 14.4 Å². The maximum Gasteiger partial charge on any atom is 0.291 e. The van der Waals surface area contributed by atoms with Crippen LogP contribution in [-0.2, 0) is 15.1 Å². The molecule has 0 fully saturated rings. The molecule has 0 N–H and O–H groups in total. The molecule has 32 heavy (non-hydrogen) atoms. The number of hydrogen-bond acceptors (Lipinski definition) is 5. The van der Waals surface area contributed by atoms with Crippen LogP contribution in [0.3, 0.4) is 0 Å². The second kappa shape index (κ2) is 7.31. The van der Waals surface area contributed by atoms with E-state index >= 15 is 0 Å². The predicted molar refractivity (Wildman–Crippen MR) is 120 cm³/mol. The molecular weight excluding hydrogens is 408 g/mol. The second-order valence-corrected chi connectivity index (χ2v) is 8.45. The lowest BCUT2D eigenvalue weighted by Gasteiger charge is -2.34. The summed E-state index contributed by atoms with van der Waals surface area (Å²) < 4.78 is 11.6. The van der Waals surface area contributed by atoms with Crippen LogP contribution in [0.15, 0.2) is 57.7 Å². The quantitative estimate of drug-likeness (QED) is 0.578. The number of carbonyl (C=O) groups excluding carboxylic acids is 2. The molecular formula is C25H24N2O5. The van der Waals surface area contributed by atoms with Crippen LogP contribution >= 0.6 is 0 Å². The van der Waals surface area contributed by atoms with Crippen molar-refractivity contribution in [3.05, 3.63) is 75.6 Å². The van der Waals surface area contributed by atoms with E-state index in [1.54, 1.807) is 31.3 Å². The van der Waals surface area contributed by atoms with E-state index in [4.69, 9.17) is 9.15 Å². The topological polar surface area (TPSA) is 80.1 Å². The molecule has 2 aliphatic rings. The first-order valence-electron chi connectivity index (χ1n) is 10.8. The van der Waals surface area contributed by atoms with Crippen molar-refractivity contribution in [1.82, 2.24) is 4.90 Å². The number of anilines is 1. The summed E-state index contributed by atoms with van der Waals surface area (Å²) in [6.07, 6.45) is 0.580. The first-order valence-corrected chi connectivity index (χ1v) is 10.8. The van der Waals surface area contributed by atoms with Gasteiger partial charge in [-0.2, -0.15) is 0 Å². The van der Waals surface area contributed by atoms with Crippen molar-refractivity contribution in [3.63, 3.8) is 0 Å². The van der Waals surface area contributed by atoms with Crippen molar-refractivity contribution in [3.8, 4) is 0 Å². The predicted octanol–water partition coefficient (Wildman–Crippen LogP) is 3.28. The van der Waals surface area contributed by atoms with Gasteiger partial charge in [-0.25, -0.2) is 0 Å². The molecule has 164 valence electrons. The number of nitrogens with zero attached hydrogens (tertiary/aromatic N) is 2. The van der Waals surface area contributed by atoms with Gasteiger partial charge in [0.05, 0.1) is 17.1 Å². The lowest BCUT2D eigenvalue weighted by molar-refractivity contribution is -0.125. The zero-order valence-corrected chi connectivity index (χ0v) is 18.3. The van der Waals surface area contributed by atoms with Gasteiger partial charge in [-0.3, -0.25) is 14.4 Å². The molecule has 7 heteroatoms. The molecule has 0 bridgehead atoms. The summed E-state index contributed by atoms with van der Waals surface area (Å²) in [4.78, 5) is 44.2. The molecule has 0 radical (unpaired) electrons. The molecule has 1 spiro atoms. The number of amides is 2. The fourth-order valence-corrected chi connectivity index (χ4v) is 4.88. The minimum Gasteiger partial charge on any atom is -0.450 e. The number of carbonyl (C=O) groups is 2. The van der Waals surface area contributed by atoms with Crippen LogP contribution in [0.5, 0.6) is 0 Å². The number of benzene rings is 2. The number of ether oxygens (including phenoxy) is 1. The van der Waals surface area contributed by atoms with Gasteiger partial charge in [-0.1, -0.05) is 30.3 Å². The molecule has 1 aromatic heterocycles. The van der Waals surface area contributed by atoms with Crippen LogP contribution in [0.2, 0.25) is 0 Å². The van der Waals surface area contributed by atoms with Crippen molar-refractivity contribution < 1.29 is 18.7 Å². The first-order chi connectivity index (χ1) is 15.4. The highest BCUT2D eigenvalue weighted by Gasteiger charge is 2.64. The lowest BCUT2D eigenvalue weighted by atomic mass is 9.84. The van der Waals surface area contributed by atoms with Crippen molar-refractivity contribution in [1.29, 1.82) is 0 Å². The van der Waals surface area contributed by atoms with Crippen LogP contribution in [0.1, 0.15) is 41.9 Å². The molecule has 2 amide bonds. The Morgan fingerprint density at radius 1 is 1.03 bits per heavy atom. The molecule has 3 heterocycles. The fraction of sp³-hybridized carbons (Fsp3) is 0.320. The van der Waals surface area contributed by atoms with E-state index < -0.39 is 11.4 Å². The Labute approximate surface area is 185 Å². The third kappa shape index (κ3) is 2.61. The Morgan fingerprint density at radius 2 is 1.75 bits per heavy atom. The molecule has 0 saturated heterocycles. The van der Waals surface area contributed by atoms with Gasteiger partial charge in [0.2, 0.25) is 5.76 Å². The minimum atomic E-state index is -1.54. The van der Waals surface area contributed by atoms with Gasteiger partial charge in [0.25, 0.3) is 11.8 Å². The largest absolute Gasteiger partial charge is 0.450 e. The summed E-state index contributed by atoms with van der Waals surface area (Å²) in [5.41, 5.74) is -0.166. The molecule has 0 saturated carbocycles. The highest BCUT2D eigenvalue weighted by Crippen LogP contribution is 2.52.